The number of likely N-dealkylation sites (tertiary alicyclic amines) is 1. The van der Waals surface area contributed by atoms with Crippen LogP contribution in [0.2, 0.25) is 0 Å². The number of halogens is 1. The van der Waals surface area contributed by atoms with Crippen molar-refractivity contribution in [2.75, 3.05) is 32.7 Å². The molecular weight excluding hydrogens is 563 g/mol. The van der Waals surface area contributed by atoms with Crippen molar-refractivity contribution in [1.29, 1.82) is 0 Å². The summed E-state index contributed by atoms with van der Waals surface area (Å²) in [6.07, 6.45) is 6.79. The summed E-state index contributed by atoms with van der Waals surface area (Å²) in [5.41, 5.74) is 5.62. The first-order valence-electron chi connectivity index (χ1n) is 16.2. The molecule has 3 fully saturated rings. The van der Waals surface area contributed by atoms with Gasteiger partial charge in [0.05, 0.1) is 11.5 Å². The van der Waals surface area contributed by atoms with E-state index in [-0.39, 0.29) is 53.9 Å². The predicted octanol–water partition coefficient (Wildman–Crippen LogP) is 2.10. The van der Waals surface area contributed by atoms with Gasteiger partial charge in [0.15, 0.2) is 0 Å². The second-order valence-corrected chi connectivity index (χ2v) is 14.0. The van der Waals surface area contributed by atoms with Gasteiger partial charge >= 0.3 is 0 Å². The number of benzene rings is 1. The molecule has 2 aliphatic heterocycles. The predicted molar refractivity (Wildman–Crippen MR) is 167 cm³/mol. The lowest BCUT2D eigenvalue weighted by Gasteiger charge is -2.48. The van der Waals surface area contributed by atoms with Gasteiger partial charge < -0.3 is 31.5 Å². The van der Waals surface area contributed by atoms with Gasteiger partial charge in [-0.25, -0.2) is 4.39 Å². The Kier molecular flexibility index (Phi) is 11.0. The Morgan fingerprint density at radius 3 is 2.23 bits per heavy atom. The van der Waals surface area contributed by atoms with Gasteiger partial charge in [-0.05, 0) is 77.0 Å². The minimum atomic E-state index is -0.889. The fourth-order valence-electron chi connectivity index (χ4n) is 7.03. The summed E-state index contributed by atoms with van der Waals surface area (Å²) in [7, 11) is 0. The monoisotopic (exact) mass is 614 g/mol. The summed E-state index contributed by atoms with van der Waals surface area (Å²) in [4.78, 5) is 57.2. The number of nitrogens with one attached hydrogen (secondary N) is 3. The van der Waals surface area contributed by atoms with Gasteiger partial charge in [-0.1, -0.05) is 31.4 Å². The van der Waals surface area contributed by atoms with Gasteiger partial charge in [0.2, 0.25) is 23.6 Å². The number of piperidine rings is 1. The number of nitrogens with zero attached hydrogens (tertiary/aromatic N) is 2. The first-order chi connectivity index (χ1) is 20.8. The molecule has 3 atom stereocenters. The van der Waals surface area contributed by atoms with E-state index < -0.39 is 23.5 Å². The van der Waals surface area contributed by atoms with Crippen LogP contribution in [0.1, 0.15) is 78.2 Å². The Bertz CT molecular complexity index is 1170. The molecule has 1 aromatic rings. The van der Waals surface area contributed by atoms with Crippen LogP contribution in [0.15, 0.2) is 24.3 Å². The molecule has 244 valence electrons. The van der Waals surface area contributed by atoms with E-state index in [1.54, 1.807) is 28.9 Å². The van der Waals surface area contributed by atoms with Crippen molar-refractivity contribution in [3.05, 3.63) is 35.6 Å². The molecule has 1 saturated carbocycles. The molecule has 0 unspecified atom stereocenters. The third kappa shape index (κ3) is 8.35. The average molecular weight is 615 g/mol. The van der Waals surface area contributed by atoms with Crippen LogP contribution in [0, 0.1) is 17.2 Å². The lowest BCUT2D eigenvalue weighted by atomic mass is 9.63. The van der Waals surface area contributed by atoms with E-state index in [0.29, 0.717) is 44.6 Å². The highest BCUT2D eigenvalue weighted by Gasteiger charge is 2.49. The summed E-state index contributed by atoms with van der Waals surface area (Å²) >= 11 is 0. The summed E-state index contributed by atoms with van der Waals surface area (Å²) in [5, 5.41) is 9.33. The number of nitrogens with two attached hydrogens (primary N) is 1. The number of amides is 4. The molecule has 10 nitrogen and oxygen atoms in total. The molecule has 3 aliphatic rings. The van der Waals surface area contributed by atoms with Crippen LogP contribution in [0.25, 0.3) is 0 Å². The van der Waals surface area contributed by atoms with Crippen molar-refractivity contribution in [3.63, 3.8) is 0 Å². The molecule has 0 bridgehead atoms. The van der Waals surface area contributed by atoms with E-state index in [1.807, 2.05) is 20.8 Å². The Morgan fingerprint density at radius 2 is 1.64 bits per heavy atom. The van der Waals surface area contributed by atoms with Crippen LogP contribution in [-0.4, -0.2) is 89.8 Å². The van der Waals surface area contributed by atoms with Crippen molar-refractivity contribution >= 4 is 23.6 Å². The molecule has 1 aromatic carbocycles. The lowest BCUT2D eigenvalue weighted by Crippen LogP contribution is -2.63. The maximum Gasteiger partial charge on any atom is 0.245 e. The van der Waals surface area contributed by atoms with Crippen molar-refractivity contribution in [2.45, 2.75) is 103 Å². The molecule has 0 radical (unpaired) electrons. The van der Waals surface area contributed by atoms with Gasteiger partial charge in [0, 0.05) is 44.7 Å². The van der Waals surface area contributed by atoms with Gasteiger partial charge in [0.1, 0.15) is 17.9 Å². The largest absolute Gasteiger partial charge is 0.351 e. The van der Waals surface area contributed by atoms with Gasteiger partial charge in [0.25, 0.3) is 0 Å². The highest BCUT2D eigenvalue weighted by atomic mass is 19.1. The second kappa shape index (κ2) is 14.4. The molecule has 1 aliphatic carbocycles. The topological polar surface area (TPSA) is 137 Å². The van der Waals surface area contributed by atoms with Gasteiger partial charge in [-0.3, -0.25) is 19.2 Å². The fraction of sp³-hybridized carbons (Fsp3) is 0.697. The molecular formula is C33H51FN6O4. The SMILES string of the molecule is C[C@H](N)C(=O)N1CCN[C@H](C(=O)N[C@H](Cc2ccc(F)cc2)C(=O)N2CCC(C(=O)NC(C)(C)C)(C3CCCCC3)CC2)C1. The number of piperazine rings is 1. The van der Waals surface area contributed by atoms with E-state index in [0.717, 1.165) is 25.7 Å². The third-order valence-electron chi connectivity index (χ3n) is 9.46. The van der Waals surface area contributed by atoms with Crippen LogP contribution in [0.5, 0.6) is 0 Å². The minimum absolute atomic E-state index is 0.0782. The van der Waals surface area contributed by atoms with Crippen LogP contribution in [-0.2, 0) is 25.6 Å². The Hall–Kier alpha value is -3.05. The summed E-state index contributed by atoms with van der Waals surface area (Å²) in [5.74, 6) is -0.858. The molecule has 2 saturated heterocycles. The van der Waals surface area contributed by atoms with E-state index in [9.17, 15) is 23.6 Å². The van der Waals surface area contributed by atoms with Crippen molar-refractivity contribution in [1.82, 2.24) is 25.8 Å². The number of hydrogen-bond acceptors (Lipinski definition) is 6. The van der Waals surface area contributed by atoms with E-state index in [4.69, 9.17) is 5.73 Å². The first kappa shape index (κ1) is 33.8. The lowest BCUT2D eigenvalue weighted by molar-refractivity contribution is -0.147. The maximum atomic E-state index is 14.1. The standard InChI is InChI=1S/C33H51FN6O4/c1-22(35)29(42)40-19-16-36-27(21-40)28(41)37-26(20-23-10-12-25(34)13-11-23)30(43)39-17-14-33(15-18-39,24-8-6-5-7-9-24)31(44)38-32(2,3)4/h10-13,22,24,26-27,36H,5-9,14-21,35H2,1-4H3,(H,37,41)(H,38,44)/t22-,26+,27-/m0/s1. The quantitative estimate of drug-likeness (QED) is 0.354. The molecule has 44 heavy (non-hydrogen) atoms. The third-order valence-corrected chi connectivity index (χ3v) is 9.46. The number of carbonyl (C=O) groups excluding carboxylic acids is 4. The highest BCUT2D eigenvalue weighted by molar-refractivity contribution is 5.91. The zero-order chi connectivity index (χ0) is 32.1. The van der Waals surface area contributed by atoms with Crippen LogP contribution < -0.4 is 21.7 Å². The Balaban J connectivity index is 1.50. The first-order valence-corrected chi connectivity index (χ1v) is 16.2. The number of rotatable bonds is 8. The molecule has 11 heteroatoms. The number of carbonyl (C=O) groups is 4. The van der Waals surface area contributed by atoms with Crippen molar-refractivity contribution < 1.29 is 23.6 Å². The summed E-state index contributed by atoms with van der Waals surface area (Å²) in [6, 6.07) is 3.65. The molecule has 4 rings (SSSR count). The normalized spacial score (nSPS) is 22.5. The van der Waals surface area contributed by atoms with Gasteiger partial charge in [-0.2, -0.15) is 0 Å². The Labute approximate surface area is 261 Å². The molecule has 0 aromatic heterocycles. The van der Waals surface area contributed by atoms with E-state index in [2.05, 4.69) is 16.0 Å². The zero-order valence-corrected chi connectivity index (χ0v) is 26.8. The van der Waals surface area contributed by atoms with Crippen LogP contribution in [0.3, 0.4) is 0 Å². The van der Waals surface area contributed by atoms with E-state index >= 15 is 0 Å². The molecule has 0 spiro atoms. The maximum absolute atomic E-state index is 14.1. The van der Waals surface area contributed by atoms with Crippen LogP contribution in [0.4, 0.5) is 4.39 Å². The zero-order valence-electron chi connectivity index (χ0n) is 26.8. The number of hydrogen-bond donors (Lipinski definition) is 4. The minimum Gasteiger partial charge on any atom is -0.351 e. The van der Waals surface area contributed by atoms with Crippen LogP contribution >= 0.6 is 0 Å². The van der Waals surface area contributed by atoms with E-state index in [1.165, 1.54) is 18.6 Å². The summed E-state index contributed by atoms with van der Waals surface area (Å²) in [6.45, 7) is 9.46. The molecule has 4 amide bonds. The van der Waals surface area contributed by atoms with Crippen molar-refractivity contribution in [2.24, 2.45) is 17.1 Å². The van der Waals surface area contributed by atoms with Gasteiger partial charge in [-0.15, -0.1) is 0 Å². The smallest absolute Gasteiger partial charge is 0.245 e. The fourth-order valence-corrected chi connectivity index (χ4v) is 7.03. The molecule has 2 heterocycles. The molecule has 5 N–H and O–H groups in total. The summed E-state index contributed by atoms with van der Waals surface area (Å²) < 4.78 is 13.7. The average Bonchev–Trinajstić information content (AvgIpc) is 3.00. The second-order valence-electron chi connectivity index (χ2n) is 14.0. The van der Waals surface area contributed by atoms with Crippen molar-refractivity contribution in [3.8, 4) is 0 Å². The Morgan fingerprint density at radius 1 is 1.00 bits per heavy atom. The highest BCUT2D eigenvalue weighted by Crippen LogP contribution is 2.46.